The zero-order chi connectivity index (χ0) is 19.0. The maximum Gasteiger partial charge on any atom is 0.358 e. The van der Waals surface area contributed by atoms with Crippen molar-refractivity contribution in [1.82, 2.24) is 24.3 Å². The molecule has 3 aromatic rings. The summed E-state index contributed by atoms with van der Waals surface area (Å²) >= 11 is 0. The third-order valence-corrected chi connectivity index (χ3v) is 4.49. The molecule has 9 nitrogen and oxygen atoms in total. The molecule has 0 radical (unpaired) electrons. The Morgan fingerprint density at radius 2 is 2.19 bits per heavy atom. The Morgan fingerprint density at radius 3 is 2.93 bits per heavy atom. The van der Waals surface area contributed by atoms with Gasteiger partial charge in [-0.15, -0.1) is 10.2 Å². The molecule has 0 saturated heterocycles. The van der Waals surface area contributed by atoms with Crippen LogP contribution in [0.15, 0.2) is 24.5 Å². The molecule has 0 aliphatic carbocycles. The second-order valence-corrected chi connectivity index (χ2v) is 6.10. The highest BCUT2D eigenvalue weighted by Gasteiger charge is 2.28. The minimum absolute atomic E-state index is 0.0861. The van der Waals surface area contributed by atoms with Crippen LogP contribution in [0.25, 0.3) is 17.1 Å². The van der Waals surface area contributed by atoms with Crippen LogP contribution in [-0.2, 0) is 29.2 Å². The lowest BCUT2D eigenvalue weighted by Crippen LogP contribution is -2.13. The number of ether oxygens (including phenoxy) is 2. The van der Waals surface area contributed by atoms with Crippen LogP contribution in [0.5, 0.6) is 0 Å². The number of hydrogen-bond donors (Lipinski definition) is 1. The van der Waals surface area contributed by atoms with Crippen LogP contribution in [0.4, 0.5) is 0 Å². The molecule has 3 heterocycles. The number of rotatable bonds is 5. The van der Waals surface area contributed by atoms with E-state index in [1.165, 1.54) is 0 Å². The summed E-state index contributed by atoms with van der Waals surface area (Å²) in [7, 11) is 1.59. The highest BCUT2D eigenvalue weighted by molar-refractivity contribution is 5.89. The average molecular weight is 369 g/mol. The standard InChI is InChI=1S/C18H19N5O4/c1-3-27-18(25)16-14-7-22-15(9-26-2)20-21-17(22)12-6-11(8-24)4-5-13(12)23(14)10-19-16/h4-6,10,24H,3,7-9H2,1-2H3. The second kappa shape index (κ2) is 6.93. The van der Waals surface area contributed by atoms with E-state index in [4.69, 9.17) is 9.47 Å². The van der Waals surface area contributed by atoms with Gasteiger partial charge in [-0.05, 0) is 24.6 Å². The molecule has 1 aliphatic heterocycles. The van der Waals surface area contributed by atoms with Crippen molar-refractivity contribution in [3.05, 3.63) is 47.3 Å². The lowest BCUT2D eigenvalue weighted by molar-refractivity contribution is 0.0518. The van der Waals surface area contributed by atoms with E-state index in [1.807, 2.05) is 27.3 Å². The van der Waals surface area contributed by atoms with Crippen molar-refractivity contribution in [2.24, 2.45) is 0 Å². The van der Waals surface area contributed by atoms with Crippen LogP contribution in [-0.4, -0.2) is 49.1 Å². The van der Waals surface area contributed by atoms with Gasteiger partial charge in [-0.1, -0.05) is 6.07 Å². The predicted molar refractivity (Wildman–Crippen MR) is 94.3 cm³/mol. The lowest BCUT2D eigenvalue weighted by atomic mass is 10.1. The Labute approximate surface area is 155 Å². The smallest absolute Gasteiger partial charge is 0.358 e. The van der Waals surface area contributed by atoms with Gasteiger partial charge in [0.2, 0.25) is 0 Å². The van der Waals surface area contributed by atoms with Crippen molar-refractivity contribution in [1.29, 1.82) is 0 Å². The largest absolute Gasteiger partial charge is 0.461 e. The van der Waals surface area contributed by atoms with Crippen molar-refractivity contribution in [2.45, 2.75) is 26.7 Å². The Hall–Kier alpha value is -3.04. The molecule has 1 N–H and O–H groups in total. The van der Waals surface area contributed by atoms with Gasteiger partial charge in [-0.3, -0.25) is 4.57 Å². The van der Waals surface area contributed by atoms with Gasteiger partial charge in [-0.25, -0.2) is 9.78 Å². The molecule has 9 heteroatoms. The molecular weight excluding hydrogens is 350 g/mol. The summed E-state index contributed by atoms with van der Waals surface area (Å²) in [5.41, 5.74) is 3.30. The van der Waals surface area contributed by atoms with Crippen molar-refractivity contribution in [2.75, 3.05) is 13.7 Å². The fourth-order valence-corrected chi connectivity index (χ4v) is 3.26. The summed E-state index contributed by atoms with van der Waals surface area (Å²) in [5.74, 6) is 0.813. The molecule has 0 fully saturated rings. The van der Waals surface area contributed by atoms with E-state index in [1.54, 1.807) is 20.4 Å². The van der Waals surface area contributed by atoms with Crippen molar-refractivity contribution >= 4 is 5.97 Å². The van der Waals surface area contributed by atoms with E-state index in [-0.39, 0.29) is 25.5 Å². The minimum atomic E-state index is -0.468. The van der Waals surface area contributed by atoms with E-state index in [9.17, 15) is 9.90 Å². The molecule has 0 spiro atoms. The molecule has 1 aromatic carbocycles. The number of aromatic nitrogens is 5. The van der Waals surface area contributed by atoms with Gasteiger partial charge >= 0.3 is 5.97 Å². The quantitative estimate of drug-likeness (QED) is 0.529. The molecule has 0 bridgehead atoms. The number of methoxy groups -OCH3 is 1. The number of carbonyl (C=O) groups excluding carboxylic acids is 1. The first-order valence-electron chi connectivity index (χ1n) is 8.56. The molecule has 0 saturated carbocycles. The number of carbonyl (C=O) groups is 1. The zero-order valence-corrected chi connectivity index (χ0v) is 15.0. The molecule has 4 rings (SSSR count). The van der Waals surface area contributed by atoms with E-state index >= 15 is 0 Å². The van der Waals surface area contributed by atoms with Gasteiger partial charge in [0.05, 0.1) is 31.1 Å². The van der Waals surface area contributed by atoms with Crippen LogP contribution in [0, 0.1) is 0 Å². The highest BCUT2D eigenvalue weighted by atomic mass is 16.5. The maximum absolute atomic E-state index is 12.4. The normalized spacial score (nSPS) is 12.1. The number of aliphatic hydroxyl groups excluding tert-OH is 1. The number of aliphatic hydroxyl groups is 1. The van der Waals surface area contributed by atoms with Gasteiger partial charge in [0.1, 0.15) is 12.9 Å². The fourth-order valence-electron chi connectivity index (χ4n) is 3.26. The SMILES string of the molecule is CCOC(=O)c1ncn2c1Cn1c(COC)nnc1-c1cc(CO)ccc1-2. The summed E-state index contributed by atoms with van der Waals surface area (Å²) in [5, 5.41) is 18.1. The number of nitrogens with zero attached hydrogens (tertiary/aromatic N) is 5. The van der Waals surface area contributed by atoms with Crippen molar-refractivity contribution < 1.29 is 19.4 Å². The number of benzene rings is 1. The predicted octanol–water partition coefficient (Wildman–Crippen LogP) is 1.31. The van der Waals surface area contributed by atoms with E-state index < -0.39 is 5.97 Å². The molecular formula is C18H19N5O4. The first-order chi connectivity index (χ1) is 13.2. The summed E-state index contributed by atoms with van der Waals surface area (Å²) < 4.78 is 14.1. The van der Waals surface area contributed by atoms with Crippen LogP contribution in [0.3, 0.4) is 0 Å². The molecule has 2 aromatic heterocycles. The topological polar surface area (TPSA) is 104 Å². The third kappa shape index (κ3) is 2.81. The Bertz CT molecular complexity index is 1010. The summed E-state index contributed by atoms with van der Waals surface area (Å²) in [6.07, 6.45) is 1.61. The second-order valence-electron chi connectivity index (χ2n) is 6.10. The Kier molecular flexibility index (Phi) is 4.46. The number of esters is 1. The third-order valence-electron chi connectivity index (χ3n) is 4.49. The number of fused-ring (bicyclic) bond motifs is 5. The van der Waals surface area contributed by atoms with E-state index in [2.05, 4.69) is 15.2 Å². The van der Waals surface area contributed by atoms with Gasteiger partial charge < -0.3 is 19.1 Å². The van der Waals surface area contributed by atoms with Crippen molar-refractivity contribution in [3.63, 3.8) is 0 Å². The number of imidazole rings is 1. The van der Waals surface area contributed by atoms with Gasteiger partial charge in [-0.2, -0.15) is 0 Å². The van der Waals surface area contributed by atoms with Gasteiger partial charge in [0.25, 0.3) is 0 Å². The first kappa shape index (κ1) is 17.4. The van der Waals surface area contributed by atoms with Crippen LogP contribution < -0.4 is 0 Å². The van der Waals surface area contributed by atoms with Gasteiger partial charge in [0, 0.05) is 12.7 Å². The van der Waals surface area contributed by atoms with Crippen LogP contribution in [0.1, 0.15) is 34.5 Å². The fraction of sp³-hybridized carbons (Fsp3) is 0.333. The highest BCUT2D eigenvalue weighted by Crippen LogP contribution is 2.33. The average Bonchev–Trinajstić information content (AvgIpc) is 3.24. The van der Waals surface area contributed by atoms with E-state index in [0.29, 0.717) is 23.9 Å². The summed E-state index contributed by atoms with van der Waals surface area (Å²) in [4.78, 5) is 16.7. The van der Waals surface area contributed by atoms with Crippen LogP contribution >= 0.6 is 0 Å². The number of hydrogen-bond acceptors (Lipinski definition) is 7. The minimum Gasteiger partial charge on any atom is -0.461 e. The summed E-state index contributed by atoms with van der Waals surface area (Å²) in [6.45, 7) is 2.57. The molecule has 0 amide bonds. The molecule has 140 valence electrons. The summed E-state index contributed by atoms with van der Waals surface area (Å²) in [6, 6.07) is 5.57. The lowest BCUT2D eigenvalue weighted by Gasteiger charge is -2.10. The van der Waals surface area contributed by atoms with Crippen molar-refractivity contribution in [3.8, 4) is 17.1 Å². The Morgan fingerprint density at radius 1 is 1.33 bits per heavy atom. The Balaban J connectivity index is 1.96. The zero-order valence-electron chi connectivity index (χ0n) is 15.0. The first-order valence-corrected chi connectivity index (χ1v) is 8.56. The van der Waals surface area contributed by atoms with E-state index in [0.717, 1.165) is 16.8 Å². The molecule has 1 aliphatic rings. The maximum atomic E-state index is 12.4. The molecule has 27 heavy (non-hydrogen) atoms. The molecule has 0 atom stereocenters. The van der Waals surface area contributed by atoms with Gasteiger partial charge in [0.15, 0.2) is 17.3 Å². The van der Waals surface area contributed by atoms with Crippen LogP contribution in [0.2, 0.25) is 0 Å². The molecule has 0 unspecified atom stereocenters. The monoisotopic (exact) mass is 369 g/mol.